The maximum absolute atomic E-state index is 14.0. The van der Waals surface area contributed by atoms with Gasteiger partial charge in [-0.05, 0) is 118 Å². The van der Waals surface area contributed by atoms with Gasteiger partial charge in [-0.15, -0.1) is 5.10 Å². The van der Waals surface area contributed by atoms with E-state index in [0.29, 0.717) is 51.1 Å². The van der Waals surface area contributed by atoms with Crippen molar-refractivity contribution in [2.24, 2.45) is 23.7 Å². The zero-order valence-electron chi connectivity index (χ0n) is 39.8. The number of pyridine rings is 1. The average Bonchev–Trinajstić information content (AvgIpc) is 3.79. The molecule has 12 atom stereocenters. The molecule has 2 aliphatic heterocycles. The van der Waals surface area contributed by atoms with E-state index in [1.54, 1.807) is 45.0 Å². The highest BCUT2D eigenvalue weighted by Gasteiger charge is 2.47. The van der Waals surface area contributed by atoms with Crippen molar-refractivity contribution < 1.29 is 44.2 Å². The zero-order valence-corrected chi connectivity index (χ0v) is 41.9. The van der Waals surface area contributed by atoms with Crippen LogP contribution in [-0.4, -0.2) is 145 Å². The summed E-state index contributed by atoms with van der Waals surface area (Å²) in [5.41, 5.74) is 4.34. The highest BCUT2D eigenvalue weighted by Crippen LogP contribution is 2.35. The number of esters is 1. The van der Waals surface area contributed by atoms with E-state index in [1.165, 1.54) is 0 Å². The highest BCUT2D eigenvalue weighted by molar-refractivity contribution is 14.1. The first-order valence-electron chi connectivity index (χ1n) is 23.5. The van der Waals surface area contributed by atoms with Crippen LogP contribution in [0.5, 0.6) is 0 Å². The van der Waals surface area contributed by atoms with Crippen LogP contribution in [0.15, 0.2) is 90.8 Å². The van der Waals surface area contributed by atoms with Crippen LogP contribution in [0.4, 0.5) is 0 Å². The number of rotatable bonds is 14. The summed E-state index contributed by atoms with van der Waals surface area (Å²) in [6.45, 7) is 11.1. The van der Waals surface area contributed by atoms with Crippen molar-refractivity contribution in [2.75, 3.05) is 33.8 Å². The van der Waals surface area contributed by atoms with Crippen molar-refractivity contribution >= 4 is 45.2 Å². The zero-order chi connectivity index (χ0) is 48.4. The van der Waals surface area contributed by atoms with Gasteiger partial charge in [0.25, 0.3) is 0 Å². The molecule has 3 unspecified atom stereocenters. The molecule has 4 heterocycles. The lowest BCUT2D eigenvalue weighted by Gasteiger charge is -2.46. The van der Waals surface area contributed by atoms with Crippen molar-refractivity contribution in [2.45, 2.75) is 122 Å². The molecule has 67 heavy (non-hydrogen) atoms. The summed E-state index contributed by atoms with van der Waals surface area (Å²) in [6, 6.07) is 17.6. The van der Waals surface area contributed by atoms with Crippen LogP contribution in [0.1, 0.15) is 65.9 Å². The smallest absolute Gasteiger partial charge is 0.308 e. The van der Waals surface area contributed by atoms with Gasteiger partial charge in [0, 0.05) is 51.6 Å². The summed E-state index contributed by atoms with van der Waals surface area (Å²) in [5, 5.41) is 55.1. The first-order valence-corrected chi connectivity index (χ1v) is 24.6. The van der Waals surface area contributed by atoms with Crippen LogP contribution in [-0.2, 0) is 36.9 Å². The maximum Gasteiger partial charge on any atom is 0.308 e. The Bertz CT molecular complexity index is 2290. The first-order chi connectivity index (χ1) is 32.0. The molecular weight excluding hydrogens is 967 g/mol. The second kappa shape index (κ2) is 24.5. The van der Waals surface area contributed by atoms with E-state index in [1.807, 2.05) is 68.2 Å². The van der Waals surface area contributed by atoms with E-state index < -0.39 is 78.6 Å². The fraction of sp³-hybridized carbons (Fsp3) is 0.549. The number of benzene rings is 2. The second-order valence-corrected chi connectivity index (χ2v) is 19.9. The first kappa shape index (κ1) is 52.4. The third-order valence-electron chi connectivity index (χ3n) is 13.4. The number of hydrogen-bond acceptors (Lipinski definition) is 14. The number of aromatic nitrogens is 4. The highest BCUT2D eigenvalue weighted by atomic mass is 127. The number of likely N-dealkylation sites (N-methyl/N-ethyl adjacent to an activating group) is 1. The maximum atomic E-state index is 14.0. The number of aliphatic hydroxyl groups is 4. The van der Waals surface area contributed by atoms with Crippen LogP contribution in [0.25, 0.3) is 22.2 Å². The van der Waals surface area contributed by atoms with Crippen LogP contribution in [0, 0.1) is 27.2 Å². The number of hydrogen-bond donors (Lipinski definition) is 4. The molecule has 0 radical (unpaired) electrons. The number of para-hydroxylation sites is 1. The Morgan fingerprint density at radius 3 is 2.45 bits per heavy atom. The van der Waals surface area contributed by atoms with Crippen molar-refractivity contribution in [3.05, 3.63) is 99.9 Å². The number of halogens is 1. The van der Waals surface area contributed by atoms with Gasteiger partial charge >= 0.3 is 5.97 Å². The minimum absolute atomic E-state index is 0.103. The Labute approximate surface area is 408 Å². The van der Waals surface area contributed by atoms with Gasteiger partial charge in [0.05, 0.1) is 61.7 Å². The monoisotopic (exact) mass is 1040 g/mol. The minimum Gasteiger partial charge on any atom is -0.462 e. The van der Waals surface area contributed by atoms with Gasteiger partial charge < -0.3 is 39.5 Å². The van der Waals surface area contributed by atoms with Gasteiger partial charge in [-0.25, -0.2) is 0 Å². The fourth-order valence-corrected chi connectivity index (χ4v) is 9.68. The van der Waals surface area contributed by atoms with Gasteiger partial charge in [-0.2, -0.15) is 0 Å². The Hall–Kier alpha value is -3.98. The summed E-state index contributed by atoms with van der Waals surface area (Å²) in [5.74, 6) is -2.86. The van der Waals surface area contributed by atoms with E-state index in [2.05, 4.69) is 73.1 Å². The van der Waals surface area contributed by atoms with Gasteiger partial charge in [-0.1, -0.05) is 74.0 Å². The van der Waals surface area contributed by atoms with Gasteiger partial charge in [0.15, 0.2) is 12.1 Å². The van der Waals surface area contributed by atoms with Crippen LogP contribution in [0.2, 0.25) is 0 Å². The number of allylic oxidation sites excluding steroid dienone is 3. The van der Waals surface area contributed by atoms with Crippen LogP contribution < -0.4 is 0 Å². The van der Waals surface area contributed by atoms with Crippen molar-refractivity contribution in [1.82, 2.24) is 29.8 Å². The van der Waals surface area contributed by atoms with Crippen molar-refractivity contribution in [3.63, 3.8) is 0 Å². The van der Waals surface area contributed by atoms with Crippen molar-refractivity contribution in [3.8, 4) is 11.3 Å². The number of aliphatic hydroxyl groups excluding tert-OH is 4. The molecule has 6 rings (SSSR count). The normalized spacial score (nSPS) is 30.6. The molecule has 4 aromatic rings. The largest absolute Gasteiger partial charge is 0.462 e. The number of ether oxygens (including phenoxy) is 3. The predicted molar refractivity (Wildman–Crippen MR) is 264 cm³/mol. The molecule has 0 bridgehead atoms. The van der Waals surface area contributed by atoms with E-state index in [4.69, 9.17) is 14.2 Å². The molecule has 16 heteroatoms. The van der Waals surface area contributed by atoms with Gasteiger partial charge in [0.1, 0.15) is 17.9 Å². The molecule has 0 aliphatic carbocycles. The van der Waals surface area contributed by atoms with E-state index in [0.717, 1.165) is 31.2 Å². The molecule has 2 aromatic heterocycles. The standard InChI is InChI=1S/C51H69IN6O9/c1-8-45-39(30-59)23-31(2)13-18-43(60)32(3)24-37(50(33(4)44(61)26-46(62)66-45)67-51-49(64)47(56(6)7)48(63)34(5)65-51)19-20-57(28-35-14-16-40(52)17-15-35)21-22-58-29-42(54-55-58)38-25-36-11-9-10-12-41(36)53-27-38/h9-18,23,25,27,29,32-34,37,39,44-45,47-51,59,61,63-64H,8,19-22,24,26,28,30H2,1-7H3/b18-13+,31-23+/t32-,33+,34-,37+,39-,44-,45-,47?,48?,49?,50-,51+/m1/s1. The van der Waals surface area contributed by atoms with Gasteiger partial charge in [-0.3, -0.25) is 24.2 Å². The van der Waals surface area contributed by atoms with Crippen LogP contribution in [0.3, 0.4) is 0 Å². The topological polar surface area (TPSA) is 193 Å². The summed E-state index contributed by atoms with van der Waals surface area (Å²) in [4.78, 5) is 36.3. The average molecular weight is 1040 g/mol. The number of fused-ring (bicyclic) bond motifs is 1. The van der Waals surface area contributed by atoms with Crippen LogP contribution >= 0.6 is 22.6 Å². The Morgan fingerprint density at radius 1 is 0.985 bits per heavy atom. The third kappa shape index (κ3) is 14.1. The van der Waals surface area contributed by atoms with E-state index in [9.17, 15) is 30.0 Å². The Balaban J connectivity index is 1.33. The molecule has 0 amide bonds. The molecular formula is C51H69IN6O9. The quantitative estimate of drug-likeness (QED) is 0.0873. The summed E-state index contributed by atoms with van der Waals surface area (Å²) in [7, 11) is 3.54. The molecule has 364 valence electrons. The lowest BCUT2D eigenvalue weighted by Crippen LogP contribution is -2.63. The summed E-state index contributed by atoms with van der Waals surface area (Å²) in [6.07, 6.45) is 2.79. The fourth-order valence-electron chi connectivity index (χ4n) is 9.32. The minimum atomic E-state index is -1.27. The molecule has 2 aliphatic rings. The molecule has 4 N–H and O–H groups in total. The number of carbonyl (C=O) groups is 2. The Morgan fingerprint density at radius 2 is 1.73 bits per heavy atom. The van der Waals surface area contributed by atoms with E-state index >= 15 is 0 Å². The van der Waals surface area contributed by atoms with E-state index in [-0.39, 0.29) is 18.8 Å². The van der Waals surface area contributed by atoms with Gasteiger partial charge in [0.2, 0.25) is 0 Å². The number of carbonyl (C=O) groups excluding carboxylic acids is 2. The lowest BCUT2D eigenvalue weighted by molar-refractivity contribution is -0.304. The second-order valence-electron chi connectivity index (χ2n) is 18.7. The molecule has 1 saturated heterocycles. The lowest BCUT2D eigenvalue weighted by atomic mass is 9.79. The third-order valence-corrected chi connectivity index (χ3v) is 14.1. The number of ketones is 1. The number of cyclic esters (lactones) is 1. The Kier molecular flexibility index (Phi) is 19.2. The molecule has 15 nitrogen and oxygen atoms in total. The molecule has 1 fully saturated rings. The summed E-state index contributed by atoms with van der Waals surface area (Å²) >= 11 is 2.30. The summed E-state index contributed by atoms with van der Waals surface area (Å²) < 4.78 is 21.9. The predicted octanol–water partition coefficient (Wildman–Crippen LogP) is 5.82. The van der Waals surface area contributed by atoms with Crippen molar-refractivity contribution in [1.29, 1.82) is 0 Å². The molecule has 0 saturated carbocycles. The number of nitrogens with zero attached hydrogens (tertiary/aromatic N) is 6. The SMILES string of the molecule is CC[C@H]1OC(=O)C[C@@H](O)[C@H](C)[C@@H](O[C@@H]2O[C@H](C)C(O)C(N(C)C)C2O)[C@@H](CCN(CCn2cc(-c3cnc4ccccc4c3)nn2)Cc2ccc(I)cc2)C[C@@H](C)C(=O)/C=C/C(C)=C/[C@@H]1CO. The molecule has 2 aromatic carbocycles. The molecule has 0 spiro atoms.